The van der Waals surface area contributed by atoms with Crippen LogP contribution in [0.1, 0.15) is 32.3 Å². The molecule has 2 rings (SSSR count). The van der Waals surface area contributed by atoms with Crippen molar-refractivity contribution < 1.29 is 19.3 Å². The van der Waals surface area contributed by atoms with E-state index in [9.17, 15) is 5.11 Å². The predicted molar refractivity (Wildman–Crippen MR) is 108 cm³/mol. The molecule has 0 bridgehead atoms. The highest BCUT2D eigenvalue weighted by Crippen LogP contribution is 2.29. The third-order valence-corrected chi connectivity index (χ3v) is 5.31. The van der Waals surface area contributed by atoms with E-state index < -0.39 is 6.10 Å². The number of aliphatic hydroxyl groups is 1. The standard InChI is InChI=1S/C21H36N2O4/c1-16(2)22(3)14-18(24)15-27-21-12-17(6-7-20(21)26-5)13-23-10-8-19(25-4)9-11-23/h6-7,12,16,18-19,24H,8-11,13-15H2,1-5H3. The summed E-state index contributed by atoms with van der Waals surface area (Å²) in [6, 6.07) is 6.44. The number of piperidine rings is 1. The van der Waals surface area contributed by atoms with Gasteiger partial charge in [0.2, 0.25) is 0 Å². The maximum Gasteiger partial charge on any atom is 0.161 e. The van der Waals surface area contributed by atoms with Crippen molar-refractivity contribution in [2.24, 2.45) is 0 Å². The second-order valence-electron chi connectivity index (χ2n) is 7.69. The molecule has 1 aliphatic rings. The average Bonchev–Trinajstić information content (AvgIpc) is 2.67. The fraction of sp³-hybridized carbons (Fsp3) is 0.714. The van der Waals surface area contributed by atoms with Crippen molar-refractivity contribution in [2.75, 3.05) is 47.5 Å². The minimum Gasteiger partial charge on any atom is -0.493 e. The van der Waals surface area contributed by atoms with Gasteiger partial charge in [-0.25, -0.2) is 0 Å². The van der Waals surface area contributed by atoms with Crippen LogP contribution in [0.15, 0.2) is 18.2 Å². The number of ether oxygens (including phenoxy) is 3. The van der Waals surface area contributed by atoms with Crippen molar-refractivity contribution in [1.82, 2.24) is 9.80 Å². The minimum atomic E-state index is -0.543. The number of benzene rings is 1. The van der Waals surface area contributed by atoms with Crippen molar-refractivity contribution in [1.29, 1.82) is 0 Å². The van der Waals surface area contributed by atoms with Crippen LogP contribution >= 0.6 is 0 Å². The van der Waals surface area contributed by atoms with Gasteiger partial charge in [0.1, 0.15) is 12.7 Å². The van der Waals surface area contributed by atoms with Crippen molar-refractivity contribution in [2.45, 2.75) is 51.5 Å². The Labute approximate surface area is 164 Å². The van der Waals surface area contributed by atoms with E-state index in [1.165, 1.54) is 5.56 Å². The molecule has 1 atom stereocenters. The van der Waals surface area contributed by atoms with Crippen molar-refractivity contribution in [3.05, 3.63) is 23.8 Å². The molecule has 154 valence electrons. The molecule has 27 heavy (non-hydrogen) atoms. The summed E-state index contributed by atoms with van der Waals surface area (Å²) in [6.45, 7) is 8.01. The Morgan fingerprint density at radius 2 is 1.89 bits per heavy atom. The third kappa shape index (κ3) is 6.96. The van der Waals surface area contributed by atoms with E-state index in [0.29, 0.717) is 30.2 Å². The lowest BCUT2D eigenvalue weighted by Crippen LogP contribution is -2.37. The first-order valence-corrected chi connectivity index (χ1v) is 9.86. The lowest BCUT2D eigenvalue weighted by molar-refractivity contribution is 0.0388. The molecule has 1 aromatic carbocycles. The zero-order valence-corrected chi connectivity index (χ0v) is 17.5. The van der Waals surface area contributed by atoms with Crippen LogP contribution in [0.25, 0.3) is 0 Å². The Bertz CT molecular complexity index is 559. The van der Waals surface area contributed by atoms with Crippen molar-refractivity contribution >= 4 is 0 Å². The largest absolute Gasteiger partial charge is 0.493 e. The summed E-state index contributed by atoms with van der Waals surface area (Å²) in [5.41, 5.74) is 1.19. The average molecular weight is 381 g/mol. The number of hydrogen-bond acceptors (Lipinski definition) is 6. The number of aliphatic hydroxyl groups excluding tert-OH is 1. The third-order valence-electron chi connectivity index (χ3n) is 5.31. The zero-order valence-electron chi connectivity index (χ0n) is 17.5. The van der Waals surface area contributed by atoms with Crippen LogP contribution in [0.2, 0.25) is 0 Å². The SMILES string of the molecule is COc1ccc(CN2CCC(OC)CC2)cc1OCC(O)CN(C)C(C)C. The molecule has 1 N–H and O–H groups in total. The highest BCUT2D eigenvalue weighted by Gasteiger charge is 2.19. The van der Waals surface area contributed by atoms with Gasteiger partial charge in [-0.15, -0.1) is 0 Å². The molecule has 0 radical (unpaired) electrons. The van der Waals surface area contributed by atoms with E-state index in [0.717, 1.165) is 32.5 Å². The number of methoxy groups -OCH3 is 2. The number of nitrogens with zero attached hydrogens (tertiary/aromatic N) is 2. The van der Waals surface area contributed by atoms with Gasteiger partial charge in [0, 0.05) is 39.3 Å². The number of rotatable bonds is 10. The van der Waals surface area contributed by atoms with Crippen molar-refractivity contribution in [3.8, 4) is 11.5 Å². The van der Waals surface area contributed by atoms with E-state index >= 15 is 0 Å². The quantitative estimate of drug-likeness (QED) is 0.673. The van der Waals surface area contributed by atoms with Gasteiger partial charge >= 0.3 is 0 Å². The fourth-order valence-corrected chi connectivity index (χ4v) is 3.28. The summed E-state index contributed by atoms with van der Waals surface area (Å²) in [5, 5.41) is 10.2. The lowest BCUT2D eigenvalue weighted by Gasteiger charge is -2.31. The molecule has 0 amide bonds. The summed E-state index contributed by atoms with van der Waals surface area (Å²) < 4.78 is 16.8. The van der Waals surface area contributed by atoms with Crippen LogP contribution in [0.5, 0.6) is 11.5 Å². The predicted octanol–water partition coefficient (Wildman–Crippen LogP) is 2.39. The van der Waals surface area contributed by atoms with E-state index in [1.807, 2.05) is 19.2 Å². The van der Waals surface area contributed by atoms with Crippen molar-refractivity contribution in [3.63, 3.8) is 0 Å². The van der Waals surface area contributed by atoms with Crippen LogP contribution < -0.4 is 9.47 Å². The smallest absolute Gasteiger partial charge is 0.161 e. The van der Waals surface area contributed by atoms with Gasteiger partial charge in [0.05, 0.1) is 13.2 Å². The highest BCUT2D eigenvalue weighted by atomic mass is 16.5. The van der Waals surface area contributed by atoms with E-state index in [2.05, 4.69) is 29.7 Å². The van der Waals surface area contributed by atoms with Gasteiger partial charge in [-0.1, -0.05) is 6.07 Å². The van der Waals surface area contributed by atoms with Crippen LogP contribution in [-0.4, -0.2) is 80.7 Å². The monoisotopic (exact) mass is 380 g/mol. The summed E-state index contributed by atoms with van der Waals surface area (Å²) in [6.07, 6.45) is 2.00. The van der Waals surface area contributed by atoms with Crippen LogP contribution in [0.4, 0.5) is 0 Å². The Hall–Kier alpha value is -1.34. The normalized spacial score (nSPS) is 17.5. The van der Waals surface area contributed by atoms with Gasteiger partial charge in [0.15, 0.2) is 11.5 Å². The summed E-state index contributed by atoms with van der Waals surface area (Å²) in [7, 11) is 5.43. The summed E-state index contributed by atoms with van der Waals surface area (Å²) >= 11 is 0. The van der Waals surface area contributed by atoms with E-state index in [4.69, 9.17) is 14.2 Å². The van der Waals surface area contributed by atoms with Gasteiger partial charge < -0.3 is 24.2 Å². The molecule has 1 aliphatic heterocycles. The summed E-state index contributed by atoms with van der Waals surface area (Å²) in [4.78, 5) is 4.54. The molecule has 0 saturated carbocycles. The molecule has 6 heteroatoms. The summed E-state index contributed by atoms with van der Waals surface area (Å²) in [5.74, 6) is 1.38. The van der Waals surface area contributed by atoms with Crippen LogP contribution in [0, 0.1) is 0 Å². The number of likely N-dealkylation sites (tertiary alicyclic amines) is 1. The topological polar surface area (TPSA) is 54.4 Å². The molecule has 1 saturated heterocycles. The molecule has 0 aliphatic carbocycles. The molecule has 0 spiro atoms. The molecule has 0 aromatic heterocycles. The number of likely N-dealkylation sites (N-methyl/N-ethyl adjacent to an activating group) is 1. The van der Waals surface area contributed by atoms with Crippen LogP contribution in [-0.2, 0) is 11.3 Å². The Morgan fingerprint density at radius 1 is 1.19 bits per heavy atom. The molecule has 6 nitrogen and oxygen atoms in total. The molecule has 1 unspecified atom stereocenters. The Kier molecular flexibility index (Phi) is 8.83. The second kappa shape index (κ2) is 10.9. The van der Waals surface area contributed by atoms with E-state index in [-0.39, 0.29) is 6.61 Å². The van der Waals surface area contributed by atoms with Gasteiger partial charge in [0.25, 0.3) is 0 Å². The van der Waals surface area contributed by atoms with Gasteiger partial charge in [-0.2, -0.15) is 0 Å². The lowest BCUT2D eigenvalue weighted by atomic mass is 10.1. The first kappa shape index (κ1) is 22.0. The zero-order chi connectivity index (χ0) is 19.8. The maximum absolute atomic E-state index is 10.2. The first-order valence-electron chi connectivity index (χ1n) is 9.86. The Balaban J connectivity index is 1.92. The molecule has 1 fully saturated rings. The van der Waals surface area contributed by atoms with E-state index in [1.54, 1.807) is 14.2 Å². The second-order valence-corrected chi connectivity index (χ2v) is 7.69. The molecular formula is C21H36N2O4. The van der Waals surface area contributed by atoms with Gasteiger partial charge in [-0.05, 0) is 51.4 Å². The Morgan fingerprint density at radius 3 is 2.48 bits per heavy atom. The van der Waals surface area contributed by atoms with Crippen LogP contribution in [0.3, 0.4) is 0 Å². The first-order chi connectivity index (χ1) is 12.9. The fourth-order valence-electron chi connectivity index (χ4n) is 3.28. The molecule has 1 aromatic rings. The molecule has 1 heterocycles. The molecular weight excluding hydrogens is 344 g/mol. The van der Waals surface area contributed by atoms with Gasteiger partial charge in [-0.3, -0.25) is 4.90 Å². The number of hydrogen-bond donors (Lipinski definition) is 1. The minimum absolute atomic E-state index is 0.246. The highest BCUT2D eigenvalue weighted by molar-refractivity contribution is 5.43. The maximum atomic E-state index is 10.2.